The summed E-state index contributed by atoms with van der Waals surface area (Å²) >= 11 is 0. The predicted octanol–water partition coefficient (Wildman–Crippen LogP) is 3.02. The molecule has 82 heavy (non-hydrogen) atoms. The van der Waals surface area contributed by atoms with Crippen molar-refractivity contribution in [3.8, 4) is 22.5 Å². The molecule has 22 nitrogen and oxygen atoms in total. The Morgan fingerprint density at radius 2 is 1.30 bits per heavy atom. The fraction of sp³-hybridized carbons (Fsp3) is 0.550. The number of ether oxygens (including phenoxy) is 5. The first-order valence-corrected chi connectivity index (χ1v) is 29.1. The Bertz CT molecular complexity index is 3170. The van der Waals surface area contributed by atoms with Gasteiger partial charge in [-0.2, -0.15) is 0 Å². The van der Waals surface area contributed by atoms with E-state index in [1.807, 2.05) is 34.1 Å². The van der Waals surface area contributed by atoms with Gasteiger partial charge < -0.3 is 43.6 Å². The van der Waals surface area contributed by atoms with Crippen LogP contribution in [0.25, 0.3) is 33.4 Å². The van der Waals surface area contributed by atoms with Crippen LogP contribution in [0.1, 0.15) is 72.0 Å². The Hall–Kier alpha value is -6.79. The van der Waals surface area contributed by atoms with E-state index in [1.165, 1.54) is 16.8 Å². The van der Waals surface area contributed by atoms with Gasteiger partial charge in [0.2, 0.25) is 5.36 Å². The summed E-state index contributed by atoms with van der Waals surface area (Å²) in [6, 6.07) is 21.5. The van der Waals surface area contributed by atoms with E-state index in [9.17, 15) is 28.8 Å². The molecule has 0 saturated carbocycles. The van der Waals surface area contributed by atoms with E-state index in [0.717, 1.165) is 70.6 Å². The van der Waals surface area contributed by atoms with Crippen LogP contribution in [-0.4, -0.2) is 208 Å². The van der Waals surface area contributed by atoms with Gasteiger partial charge in [-0.1, -0.05) is 18.2 Å². The minimum Gasteiger partial charge on any atom is -0.465 e. The maximum Gasteiger partial charge on any atom is 0.330 e. The third kappa shape index (κ3) is 15.1. The summed E-state index contributed by atoms with van der Waals surface area (Å²) < 4.78 is 39.4. The van der Waals surface area contributed by atoms with Crippen LogP contribution in [0.5, 0.6) is 0 Å². The number of anilines is 1. The minimum atomic E-state index is -1.13. The average molecular weight is 1140 g/mol. The van der Waals surface area contributed by atoms with Gasteiger partial charge in [0.1, 0.15) is 36.6 Å². The van der Waals surface area contributed by atoms with Crippen LogP contribution in [0.15, 0.2) is 86.9 Å². The normalized spacial score (nSPS) is 20.2. The summed E-state index contributed by atoms with van der Waals surface area (Å²) in [4.78, 5) is 92.4. The largest absolute Gasteiger partial charge is 0.465 e. The molecule has 5 heterocycles. The van der Waals surface area contributed by atoms with Crippen molar-refractivity contribution in [1.82, 2.24) is 44.4 Å². The van der Waals surface area contributed by atoms with Crippen molar-refractivity contribution < 1.29 is 47.3 Å². The van der Waals surface area contributed by atoms with E-state index in [4.69, 9.17) is 28.1 Å². The molecule has 0 bridgehead atoms. The number of hydrogen-bond donors (Lipinski definition) is 3. The number of nitrogens with one attached hydrogen (secondary N) is 3. The molecule has 0 unspecified atom stereocenters. The maximum atomic E-state index is 14.7. The smallest absolute Gasteiger partial charge is 0.330 e. The molecule has 0 radical (unpaired) electrons. The number of carbonyl (C=O) groups excluding carboxylic acids is 4. The molecule has 22 heteroatoms. The van der Waals surface area contributed by atoms with Gasteiger partial charge in [-0.15, -0.1) is 0 Å². The lowest BCUT2D eigenvalue weighted by atomic mass is 9.90. The van der Waals surface area contributed by atoms with Crippen molar-refractivity contribution in [2.24, 2.45) is 0 Å². The molecule has 2 aromatic carbocycles. The number of carbonyl (C=O) groups is 4. The summed E-state index contributed by atoms with van der Waals surface area (Å²) in [6.07, 6.45) is -2.51. The number of fused-ring (bicyclic) bond motifs is 3. The lowest BCUT2D eigenvalue weighted by molar-refractivity contribution is -0.198. The van der Waals surface area contributed by atoms with Crippen molar-refractivity contribution in [3.05, 3.63) is 105 Å². The summed E-state index contributed by atoms with van der Waals surface area (Å²) in [5.74, 6) is -1.70. The number of esters is 2. The van der Waals surface area contributed by atoms with Crippen LogP contribution in [0, 0.1) is 0 Å². The molecule has 4 aliphatic heterocycles. The SMILES string of the molecule is CCOC(=O)CN1CCN(CCNC(=O)c2ccccc2-c2c3ccc(=[N+](CC)CC)cc-3oc3cc(N(CC)CC)ccc23)CCN(CCNC(=O)[C@H]2O[C@@H](n3ccc(=O)[nH]c3=O)[C@@H]3OC(C)(C)O[C@@H]32)CCN(CC(=O)OCC)CC1. The Labute approximate surface area is 479 Å². The average Bonchev–Trinajstić information content (AvgIpc) is 3.56. The van der Waals surface area contributed by atoms with Crippen LogP contribution in [-0.2, 0) is 38.1 Å². The van der Waals surface area contributed by atoms with Crippen LogP contribution in [0.2, 0.25) is 0 Å². The lowest BCUT2D eigenvalue weighted by Crippen LogP contribution is -2.50. The molecule has 3 N–H and O–H groups in total. The molecule has 444 valence electrons. The van der Waals surface area contributed by atoms with Crippen LogP contribution >= 0.6 is 0 Å². The van der Waals surface area contributed by atoms with Crippen molar-refractivity contribution >= 4 is 40.4 Å². The molecule has 8 rings (SSSR count). The van der Waals surface area contributed by atoms with E-state index in [0.29, 0.717) is 77.6 Å². The molecule has 1 aliphatic carbocycles. The molecule has 3 aromatic rings. The molecule has 4 atom stereocenters. The number of nitrogens with zero attached hydrogens (tertiary/aromatic N) is 7. The molecule has 2 amide bonds. The first-order chi connectivity index (χ1) is 39.6. The van der Waals surface area contributed by atoms with E-state index in [-0.39, 0.29) is 50.7 Å². The summed E-state index contributed by atoms with van der Waals surface area (Å²) in [5.41, 5.74) is 3.64. The molecule has 0 spiro atoms. The topological polar surface area (TPSA) is 226 Å². The van der Waals surface area contributed by atoms with E-state index in [2.05, 4.69) is 99.0 Å². The minimum absolute atomic E-state index is 0.0569. The first-order valence-electron chi connectivity index (χ1n) is 29.1. The number of hydrogen-bond acceptors (Lipinski definition) is 17. The molecular formula is C60H83N10O12+. The van der Waals surface area contributed by atoms with Gasteiger partial charge in [0.15, 0.2) is 18.1 Å². The number of aromatic amines is 1. The van der Waals surface area contributed by atoms with Gasteiger partial charge in [0.05, 0.1) is 32.4 Å². The summed E-state index contributed by atoms with van der Waals surface area (Å²) in [5, 5.41) is 8.24. The standard InChI is InChI=1S/C60H82N10O12/c1-9-68(10-2)41-19-21-45-47(37-41)79-48-38-42(69(11-3)12-4)20-22-46(48)52(45)43-17-15-16-18-44(43)56(74)61-24-27-64-29-30-65(32-34-67(40-51(73)78-14-6)36-35-66(33-31-64)39-50(72)77-13-5)28-25-62-57(75)54-53-55(82-60(7,8)81-53)58(80-54)70-26-23-49(71)63-59(70)76/h15-23,26,37-38,53-55,58H,9-14,24-25,27-36,39-40H2,1-8H3,(H2-,61,62,63,71,74,75,76)/p+1/t53-,54+,55-,58-/m1/s1. The zero-order chi connectivity index (χ0) is 58.5. The van der Waals surface area contributed by atoms with Crippen molar-refractivity contribution in [2.75, 3.05) is 136 Å². The highest BCUT2D eigenvalue weighted by Gasteiger charge is 2.58. The molecule has 5 aliphatic rings. The number of benzene rings is 3. The fourth-order valence-corrected chi connectivity index (χ4v) is 11.2. The van der Waals surface area contributed by atoms with Gasteiger partial charge in [0.25, 0.3) is 17.4 Å². The van der Waals surface area contributed by atoms with E-state index in [1.54, 1.807) is 27.7 Å². The third-order valence-electron chi connectivity index (χ3n) is 15.5. The maximum absolute atomic E-state index is 14.7. The third-order valence-corrected chi connectivity index (χ3v) is 15.5. The highest BCUT2D eigenvalue weighted by Crippen LogP contribution is 2.44. The highest BCUT2D eigenvalue weighted by atomic mass is 16.8. The van der Waals surface area contributed by atoms with Gasteiger partial charge in [-0.3, -0.25) is 53.1 Å². The fourth-order valence-electron chi connectivity index (χ4n) is 11.2. The number of aromatic nitrogens is 2. The summed E-state index contributed by atoms with van der Waals surface area (Å²) in [6.45, 7) is 25.1. The first kappa shape index (κ1) is 61.3. The van der Waals surface area contributed by atoms with Crippen molar-refractivity contribution in [1.29, 1.82) is 0 Å². The van der Waals surface area contributed by atoms with Crippen LogP contribution < -0.4 is 36.7 Å². The van der Waals surface area contributed by atoms with Gasteiger partial charge in [-0.25, -0.2) is 9.37 Å². The molecule has 1 aromatic heterocycles. The molecular weight excluding hydrogens is 1050 g/mol. The van der Waals surface area contributed by atoms with E-state index < -0.39 is 47.5 Å². The summed E-state index contributed by atoms with van der Waals surface area (Å²) in [7, 11) is 0. The predicted molar refractivity (Wildman–Crippen MR) is 312 cm³/mol. The number of H-pyrrole nitrogens is 1. The molecule has 3 saturated heterocycles. The Kier molecular flexibility index (Phi) is 21.3. The van der Waals surface area contributed by atoms with Crippen LogP contribution in [0.3, 0.4) is 0 Å². The zero-order valence-corrected chi connectivity index (χ0v) is 48.9. The Morgan fingerprint density at radius 1 is 0.707 bits per heavy atom. The van der Waals surface area contributed by atoms with Gasteiger partial charge in [0, 0.05) is 144 Å². The second-order valence-electron chi connectivity index (χ2n) is 21.2. The Balaban J connectivity index is 1.01. The van der Waals surface area contributed by atoms with Gasteiger partial charge >= 0.3 is 17.6 Å². The highest BCUT2D eigenvalue weighted by molar-refractivity contribution is 6.09. The van der Waals surface area contributed by atoms with Crippen LogP contribution in [0.4, 0.5) is 5.69 Å². The number of rotatable bonds is 21. The zero-order valence-electron chi connectivity index (χ0n) is 48.9. The Morgan fingerprint density at radius 3 is 1.90 bits per heavy atom. The monoisotopic (exact) mass is 1140 g/mol. The van der Waals surface area contributed by atoms with Gasteiger partial charge in [-0.05, 0) is 85.2 Å². The second-order valence-corrected chi connectivity index (χ2v) is 21.2. The molecule has 3 fully saturated rings. The lowest BCUT2D eigenvalue weighted by Gasteiger charge is -2.34. The van der Waals surface area contributed by atoms with Crippen molar-refractivity contribution in [3.63, 3.8) is 0 Å². The quantitative estimate of drug-likeness (QED) is 0.0546. The van der Waals surface area contributed by atoms with Crippen molar-refractivity contribution in [2.45, 2.75) is 85.7 Å². The second kappa shape index (κ2) is 28.5. The number of amides is 2. The van der Waals surface area contributed by atoms with E-state index >= 15 is 0 Å².